The van der Waals surface area contributed by atoms with Crippen LogP contribution in [0.4, 0.5) is 4.39 Å². The third kappa shape index (κ3) is 3.17. The lowest BCUT2D eigenvalue weighted by Crippen LogP contribution is -2.10. The van der Waals surface area contributed by atoms with Crippen LogP contribution >= 0.6 is 27.3 Å². The number of hydrogen-bond acceptors (Lipinski definition) is 3. The minimum absolute atomic E-state index is 0.110. The van der Waals surface area contributed by atoms with Gasteiger partial charge in [0.05, 0.1) is 8.66 Å². The van der Waals surface area contributed by atoms with E-state index in [4.69, 9.17) is 4.74 Å². The maximum atomic E-state index is 13.4. The molecule has 0 unspecified atom stereocenters. The Morgan fingerprint density at radius 1 is 1.39 bits per heavy atom. The highest BCUT2D eigenvalue weighted by atomic mass is 79.9. The standard InChI is InChI=1S/C13H10BrFO2S/c1-8-2-3-9(15)11(6-8)17-7-10(16)12-4-5-13(14)18-12/h2-6H,7H2,1H3. The second-order valence-corrected chi connectivity index (χ2v) is 6.21. The zero-order chi connectivity index (χ0) is 13.1. The molecule has 5 heteroatoms. The lowest BCUT2D eigenvalue weighted by molar-refractivity contribution is 0.0923. The number of carbonyl (C=O) groups excluding carboxylic acids is 1. The van der Waals surface area contributed by atoms with Crippen molar-refractivity contribution < 1.29 is 13.9 Å². The highest BCUT2D eigenvalue weighted by molar-refractivity contribution is 9.11. The van der Waals surface area contributed by atoms with E-state index >= 15 is 0 Å². The fourth-order valence-corrected chi connectivity index (χ4v) is 2.71. The van der Waals surface area contributed by atoms with Crippen molar-refractivity contribution in [2.24, 2.45) is 0 Å². The molecule has 2 aromatic rings. The van der Waals surface area contributed by atoms with Crippen LogP contribution in [0.1, 0.15) is 15.2 Å². The molecular formula is C13H10BrFO2S. The molecule has 0 N–H and O–H groups in total. The van der Waals surface area contributed by atoms with Gasteiger partial charge in [-0.3, -0.25) is 4.79 Å². The van der Waals surface area contributed by atoms with Gasteiger partial charge in [0.1, 0.15) is 0 Å². The Morgan fingerprint density at radius 3 is 2.83 bits per heavy atom. The average Bonchev–Trinajstić information content (AvgIpc) is 2.77. The monoisotopic (exact) mass is 328 g/mol. The summed E-state index contributed by atoms with van der Waals surface area (Å²) in [4.78, 5) is 12.4. The molecule has 0 aliphatic rings. The number of carbonyl (C=O) groups is 1. The second-order valence-electron chi connectivity index (χ2n) is 3.75. The highest BCUT2D eigenvalue weighted by Gasteiger charge is 2.11. The van der Waals surface area contributed by atoms with Crippen LogP contribution in [0, 0.1) is 12.7 Å². The van der Waals surface area contributed by atoms with E-state index in [0.717, 1.165) is 9.35 Å². The molecule has 0 bridgehead atoms. The quantitative estimate of drug-likeness (QED) is 0.785. The van der Waals surface area contributed by atoms with E-state index in [0.29, 0.717) is 4.88 Å². The molecule has 0 radical (unpaired) electrons. The molecule has 1 aromatic carbocycles. The predicted molar refractivity (Wildman–Crippen MR) is 73.0 cm³/mol. The SMILES string of the molecule is Cc1ccc(F)c(OCC(=O)c2ccc(Br)s2)c1. The molecule has 0 fully saturated rings. The maximum Gasteiger partial charge on any atom is 0.210 e. The van der Waals surface area contributed by atoms with Gasteiger partial charge in [0.15, 0.2) is 18.2 Å². The van der Waals surface area contributed by atoms with Gasteiger partial charge in [0.2, 0.25) is 5.78 Å². The summed E-state index contributed by atoms with van der Waals surface area (Å²) in [6, 6.07) is 8.07. The smallest absolute Gasteiger partial charge is 0.210 e. The average molecular weight is 329 g/mol. The Bertz CT molecular complexity index is 580. The molecule has 2 rings (SSSR count). The van der Waals surface area contributed by atoms with Crippen molar-refractivity contribution in [3.63, 3.8) is 0 Å². The number of ether oxygens (including phenoxy) is 1. The van der Waals surface area contributed by atoms with Crippen molar-refractivity contribution in [1.82, 2.24) is 0 Å². The first-order valence-corrected chi connectivity index (χ1v) is 6.84. The van der Waals surface area contributed by atoms with Gasteiger partial charge in [-0.1, -0.05) is 6.07 Å². The Morgan fingerprint density at radius 2 is 2.17 bits per heavy atom. The number of thiophene rings is 1. The van der Waals surface area contributed by atoms with Crippen molar-refractivity contribution in [2.75, 3.05) is 6.61 Å². The summed E-state index contributed by atoms with van der Waals surface area (Å²) in [6.45, 7) is 1.68. The maximum absolute atomic E-state index is 13.4. The molecule has 0 saturated carbocycles. The lowest BCUT2D eigenvalue weighted by atomic mass is 10.2. The number of Topliss-reactive ketones (excluding diaryl/α,β-unsaturated/α-hetero) is 1. The fraction of sp³-hybridized carbons (Fsp3) is 0.154. The van der Waals surface area contributed by atoms with E-state index in [9.17, 15) is 9.18 Å². The van der Waals surface area contributed by atoms with Crippen molar-refractivity contribution in [3.8, 4) is 5.75 Å². The van der Waals surface area contributed by atoms with Crippen LogP contribution in [0.25, 0.3) is 0 Å². The van der Waals surface area contributed by atoms with Crippen molar-refractivity contribution in [3.05, 3.63) is 50.4 Å². The van der Waals surface area contributed by atoms with Crippen molar-refractivity contribution in [1.29, 1.82) is 0 Å². The normalized spacial score (nSPS) is 10.4. The molecule has 0 aliphatic heterocycles. The van der Waals surface area contributed by atoms with Crippen LogP contribution in [0.15, 0.2) is 34.1 Å². The first kappa shape index (κ1) is 13.2. The summed E-state index contributed by atoms with van der Waals surface area (Å²) in [5.41, 5.74) is 0.887. The summed E-state index contributed by atoms with van der Waals surface area (Å²) >= 11 is 4.61. The van der Waals surface area contributed by atoms with Gasteiger partial charge in [-0.25, -0.2) is 4.39 Å². The summed E-state index contributed by atoms with van der Waals surface area (Å²) in [5.74, 6) is -0.508. The first-order chi connectivity index (χ1) is 8.56. The first-order valence-electron chi connectivity index (χ1n) is 5.24. The zero-order valence-electron chi connectivity index (χ0n) is 9.57. The van der Waals surface area contributed by atoms with E-state index in [1.165, 1.54) is 17.4 Å². The van der Waals surface area contributed by atoms with E-state index < -0.39 is 5.82 Å². The van der Waals surface area contributed by atoms with Gasteiger partial charge < -0.3 is 4.74 Å². The summed E-state index contributed by atoms with van der Waals surface area (Å²) in [6.07, 6.45) is 0. The number of benzene rings is 1. The van der Waals surface area contributed by atoms with Crippen LogP contribution in [0.2, 0.25) is 0 Å². The molecular weight excluding hydrogens is 319 g/mol. The van der Waals surface area contributed by atoms with Gasteiger partial charge in [-0.05, 0) is 52.7 Å². The molecule has 0 aliphatic carbocycles. The molecule has 0 spiro atoms. The van der Waals surface area contributed by atoms with Crippen LogP contribution in [0.3, 0.4) is 0 Å². The third-order valence-corrected chi connectivity index (χ3v) is 3.96. The van der Waals surface area contributed by atoms with Gasteiger partial charge >= 0.3 is 0 Å². The van der Waals surface area contributed by atoms with E-state index in [1.54, 1.807) is 24.3 Å². The second kappa shape index (κ2) is 5.63. The Hall–Kier alpha value is -1.20. The number of hydrogen-bond donors (Lipinski definition) is 0. The topological polar surface area (TPSA) is 26.3 Å². The van der Waals surface area contributed by atoms with Crippen LogP contribution in [-0.4, -0.2) is 12.4 Å². The van der Waals surface area contributed by atoms with Gasteiger partial charge in [-0.2, -0.15) is 0 Å². The molecule has 2 nitrogen and oxygen atoms in total. The summed E-state index contributed by atoms with van der Waals surface area (Å²) < 4.78 is 19.5. The summed E-state index contributed by atoms with van der Waals surface area (Å²) in [5, 5.41) is 0. The number of rotatable bonds is 4. The third-order valence-electron chi connectivity index (χ3n) is 2.29. The number of aryl methyl sites for hydroxylation is 1. The summed E-state index contributed by atoms with van der Waals surface area (Å²) in [7, 11) is 0. The molecule has 0 saturated heterocycles. The van der Waals surface area contributed by atoms with Crippen LogP contribution in [-0.2, 0) is 0 Å². The van der Waals surface area contributed by atoms with Crippen LogP contribution < -0.4 is 4.74 Å². The Labute approximate surface area is 117 Å². The van der Waals surface area contributed by atoms with Crippen LogP contribution in [0.5, 0.6) is 5.75 Å². The highest BCUT2D eigenvalue weighted by Crippen LogP contribution is 2.23. The molecule has 94 valence electrons. The van der Waals surface area contributed by atoms with E-state index in [1.807, 2.05) is 6.92 Å². The number of halogens is 2. The van der Waals surface area contributed by atoms with E-state index in [-0.39, 0.29) is 18.1 Å². The molecule has 0 atom stereocenters. The minimum Gasteiger partial charge on any atom is -0.482 e. The van der Waals surface area contributed by atoms with Gasteiger partial charge in [0, 0.05) is 0 Å². The van der Waals surface area contributed by atoms with Gasteiger partial charge in [0.25, 0.3) is 0 Å². The Balaban J connectivity index is 2.03. The molecule has 0 amide bonds. The zero-order valence-corrected chi connectivity index (χ0v) is 12.0. The van der Waals surface area contributed by atoms with Crippen molar-refractivity contribution in [2.45, 2.75) is 6.92 Å². The van der Waals surface area contributed by atoms with Crippen molar-refractivity contribution >= 4 is 33.0 Å². The molecule has 1 aromatic heterocycles. The molecule has 18 heavy (non-hydrogen) atoms. The molecule has 1 heterocycles. The largest absolute Gasteiger partial charge is 0.482 e. The fourth-order valence-electron chi connectivity index (χ4n) is 1.40. The minimum atomic E-state index is -0.458. The van der Waals surface area contributed by atoms with Gasteiger partial charge in [-0.15, -0.1) is 11.3 Å². The van der Waals surface area contributed by atoms with E-state index in [2.05, 4.69) is 15.9 Å². The predicted octanol–water partition coefficient (Wildman–Crippen LogP) is 4.22. The number of ketones is 1. The lowest BCUT2D eigenvalue weighted by Gasteiger charge is -2.06. The Kier molecular flexibility index (Phi) is 4.14.